The van der Waals surface area contributed by atoms with Gasteiger partial charge in [-0.25, -0.2) is 0 Å². The first-order chi connectivity index (χ1) is 15.6. The van der Waals surface area contributed by atoms with Gasteiger partial charge in [-0.3, -0.25) is 4.79 Å². The van der Waals surface area contributed by atoms with Crippen molar-refractivity contribution in [2.45, 2.75) is 23.1 Å². The smallest absolute Gasteiger partial charge is 0.247 e. The highest BCUT2D eigenvalue weighted by atomic mass is 32.2. The fraction of sp³-hybridized carbons (Fsp3) is 0.0690. The van der Waals surface area contributed by atoms with Gasteiger partial charge in [0.05, 0.1) is 0 Å². The summed E-state index contributed by atoms with van der Waals surface area (Å²) < 4.78 is 0. The normalized spacial score (nSPS) is 10.0. The summed E-state index contributed by atoms with van der Waals surface area (Å²) in [5.74, 6) is -0.190. The van der Waals surface area contributed by atoms with Crippen LogP contribution in [0, 0.1) is 0 Å². The standard InChI is InChI=1S/C16H16S.C13H11NO/c1-3-13-9-5-7-11-15(13)17-16-12-8-6-10-14(16)4-2;1-2-13(15)14-12-8-7-10-5-3-4-6-11(10)9-12/h3,5-12H,1,4H2,2H3;2-9H,1H2,(H,14,15). The highest BCUT2D eigenvalue weighted by molar-refractivity contribution is 7.99. The molecule has 3 heteroatoms. The zero-order valence-electron chi connectivity index (χ0n) is 18.3. The van der Waals surface area contributed by atoms with Crippen LogP contribution in [-0.4, -0.2) is 5.91 Å². The summed E-state index contributed by atoms with van der Waals surface area (Å²) in [6.07, 6.45) is 4.24. The van der Waals surface area contributed by atoms with Crippen molar-refractivity contribution in [3.8, 4) is 0 Å². The van der Waals surface area contributed by atoms with Crippen LogP contribution in [0.5, 0.6) is 0 Å². The Morgan fingerprint density at radius 3 is 2.22 bits per heavy atom. The maximum atomic E-state index is 11.1. The van der Waals surface area contributed by atoms with Gasteiger partial charge in [0.1, 0.15) is 0 Å². The molecular weight excluding hydrogens is 410 g/mol. The second-order valence-electron chi connectivity index (χ2n) is 7.06. The Balaban J connectivity index is 0.000000182. The molecule has 0 fully saturated rings. The van der Waals surface area contributed by atoms with Crippen molar-refractivity contribution in [2.24, 2.45) is 0 Å². The third-order valence-electron chi connectivity index (χ3n) is 4.91. The molecule has 0 saturated heterocycles. The van der Waals surface area contributed by atoms with Gasteiger partial charge in [-0.15, -0.1) is 0 Å². The van der Waals surface area contributed by atoms with Gasteiger partial charge < -0.3 is 5.32 Å². The number of aryl methyl sites for hydroxylation is 1. The van der Waals surface area contributed by atoms with E-state index in [9.17, 15) is 4.79 Å². The van der Waals surface area contributed by atoms with Gasteiger partial charge in [-0.2, -0.15) is 0 Å². The van der Waals surface area contributed by atoms with Crippen LogP contribution in [0.3, 0.4) is 0 Å². The van der Waals surface area contributed by atoms with Crippen LogP contribution in [0.2, 0.25) is 0 Å². The first-order valence-corrected chi connectivity index (χ1v) is 11.4. The lowest BCUT2D eigenvalue weighted by Crippen LogP contribution is -2.06. The number of benzene rings is 4. The molecule has 0 heterocycles. The van der Waals surface area contributed by atoms with Crippen LogP contribution in [0.15, 0.2) is 120 Å². The minimum atomic E-state index is -0.190. The van der Waals surface area contributed by atoms with E-state index in [4.69, 9.17) is 0 Å². The molecule has 0 aliphatic rings. The molecule has 0 saturated carbocycles. The molecule has 0 unspecified atom stereocenters. The van der Waals surface area contributed by atoms with Gasteiger partial charge in [-0.1, -0.05) is 105 Å². The maximum absolute atomic E-state index is 11.1. The summed E-state index contributed by atoms with van der Waals surface area (Å²) in [6, 6.07) is 30.8. The van der Waals surface area contributed by atoms with E-state index in [-0.39, 0.29) is 5.91 Å². The zero-order valence-corrected chi connectivity index (χ0v) is 19.1. The molecule has 32 heavy (non-hydrogen) atoms. The molecule has 1 amide bonds. The maximum Gasteiger partial charge on any atom is 0.247 e. The van der Waals surface area contributed by atoms with Crippen molar-refractivity contribution >= 4 is 40.2 Å². The molecule has 0 radical (unpaired) electrons. The summed E-state index contributed by atoms with van der Waals surface area (Å²) in [5, 5.41) is 5.00. The topological polar surface area (TPSA) is 29.1 Å². The van der Waals surface area contributed by atoms with Crippen molar-refractivity contribution in [3.63, 3.8) is 0 Å². The van der Waals surface area contributed by atoms with E-state index in [1.165, 1.54) is 27.0 Å². The van der Waals surface area contributed by atoms with Crippen LogP contribution in [-0.2, 0) is 11.2 Å². The second kappa shape index (κ2) is 11.7. The molecule has 0 aliphatic heterocycles. The number of carbonyl (C=O) groups excluding carboxylic acids is 1. The van der Waals surface area contributed by atoms with E-state index < -0.39 is 0 Å². The fourth-order valence-corrected chi connectivity index (χ4v) is 4.36. The number of anilines is 1. The number of hydrogen-bond acceptors (Lipinski definition) is 2. The van der Waals surface area contributed by atoms with E-state index in [0.717, 1.165) is 22.9 Å². The number of nitrogens with one attached hydrogen (secondary N) is 1. The summed E-state index contributed by atoms with van der Waals surface area (Å²) in [4.78, 5) is 13.7. The highest BCUT2D eigenvalue weighted by Crippen LogP contribution is 2.33. The molecule has 4 aromatic rings. The molecule has 0 spiro atoms. The molecular formula is C29H27NOS. The predicted octanol–water partition coefficient (Wildman–Crippen LogP) is 8.01. The van der Waals surface area contributed by atoms with Crippen LogP contribution in [0.1, 0.15) is 18.1 Å². The average Bonchev–Trinajstić information content (AvgIpc) is 2.85. The van der Waals surface area contributed by atoms with Crippen LogP contribution < -0.4 is 5.32 Å². The van der Waals surface area contributed by atoms with Crippen molar-refractivity contribution < 1.29 is 4.79 Å². The highest BCUT2D eigenvalue weighted by Gasteiger charge is 2.04. The van der Waals surface area contributed by atoms with Gasteiger partial charge in [-0.05, 0) is 58.7 Å². The van der Waals surface area contributed by atoms with E-state index in [1.807, 2.05) is 66.4 Å². The predicted molar refractivity (Wildman–Crippen MR) is 139 cm³/mol. The Bertz CT molecular complexity index is 1230. The second-order valence-corrected chi connectivity index (χ2v) is 8.14. The lowest BCUT2D eigenvalue weighted by molar-refractivity contribution is -0.111. The van der Waals surface area contributed by atoms with E-state index in [0.29, 0.717) is 0 Å². The Morgan fingerprint density at radius 1 is 0.844 bits per heavy atom. The van der Waals surface area contributed by atoms with Crippen LogP contribution in [0.25, 0.3) is 16.8 Å². The van der Waals surface area contributed by atoms with Crippen molar-refractivity contribution in [1.82, 2.24) is 0 Å². The van der Waals surface area contributed by atoms with Crippen molar-refractivity contribution in [3.05, 3.63) is 121 Å². The number of hydrogen-bond donors (Lipinski definition) is 1. The van der Waals surface area contributed by atoms with E-state index >= 15 is 0 Å². The van der Waals surface area contributed by atoms with Crippen molar-refractivity contribution in [1.29, 1.82) is 0 Å². The van der Waals surface area contributed by atoms with E-state index in [1.54, 1.807) is 0 Å². The Labute approximate surface area is 194 Å². The lowest BCUT2D eigenvalue weighted by atomic mass is 10.1. The molecule has 1 N–H and O–H groups in total. The molecule has 0 aliphatic carbocycles. The van der Waals surface area contributed by atoms with Gasteiger partial charge in [0.2, 0.25) is 5.91 Å². The molecule has 160 valence electrons. The molecule has 4 rings (SSSR count). The third-order valence-corrected chi connectivity index (χ3v) is 6.12. The number of carbonyl (C=O) groups is 1. The SMILES string of the molecule is C=CC(=O)Nc1ccc2ccccc2c1.C=Cc1ccccc1Sc1ccccc1CC. The first kappa shape index (κ1) is 23.1. The molecule has 0 bridgehead atoms. The summed E-state index contributed by atoms with van der Waals surface area (Å²) in [6.45, 7) is 9.46. The quantitative estimate of drug-likeness (QED) is 0.310. The van der Waals surface area contributed by atoms with Crippen molar-refractivity contribution in [2.75, 3.05) is 5.32 Å². The van der Waals surface area contributed by atoms with Gasteiger partial charge in [0.25, 0.3) is 0 Å². The Kier molecular flexibility index (Phi) is 8.47. The minimum absolute atomic E-state index is 0.190. The largest absolute Gasteiger partial charge is 0.323 e. The fourth-order valence-electron chi connectivity index (χ4n) is 3.22. The molecule has 0 atom stereocenters. The average molecular weight is 438 g/mol. The van der Waals surface area contributed by atoms with Crippen LogP contribution in [0.4, 0.5) is 5.69 Å². The number of fused-ring (bicyclic) bond motifs is 1. The lowest BCUT2D eigenvalue weighted by Gasteiger charge is -2.09. The molecule has 0 aromatic heterocycles. The monoisotopic (exact) mass is 437 g/mol. The number of amides is 1. The minimum Gasteiger partial charge on any atom is -0.323 e. The van der Waals surface area contributed by atoms with Crippen LogP contribution >= 0.6 is 11.8 Å². The van der Waals surface area contributed by atoms with E-state index in [2.05, 4.69) is 67.9 Å². The Hall–Kier alpha value is -3.56. The zero-order chi connectivity index (χ0) is 22.8. The van der Waals surface area contributed by atoms with Gasteiger partial charge in [0.15, 0.2) is 0 Å². The number of rotatable bonds is 6. The molecule has 4 aromatic carbocycles. The third kappa shape index (κ3) is 6.22. The first-order valence-electron chi connectivity index (χ1n) is 10.5. The molecule has 2 nitrogen and oxygen atoms in total. The summed E-state index contributed by atoms with van der Waals surface area (Å²) in [7, 11) is 0. The summed E-state index contributed by atoms with van der Waals surface area (Å²) in [5.41, 5.74) is 3.39. The van der Waals surface area contributed by atoms with Gasteiger partial charge in [0, 0.05) is 15.5 Å². The Morgan fingerprint density at radius 2 is 1.50 bits per heavy atom. The summed E-state index contributed by atoms with van der Waals surface area (Å²) >= 11 is 1.82. The van der Waals surface area contributed by atoms with Gasteiger partial charge >= 0.3 is 0 Å².